The van der Waals surface area contributed by atoms with E-state index in [1.54, 1.807) is 0 Å². The molecular formula is C12H14N2O3. The van der Waals surface area contributed by atoms with E-state index in [2.05, 4.69) is 10.3 Å². The number of carbonyl (C=O) groups is 2. The quantitative estimate of drug-likeness (QED) is 0.804. The van der Waals surface area contributed by atoms with Gasteiger partial charge in [0.2, 0.25) is 5.91 Å². The molecule has 0 saturated heterocycles. The first-order valence-electron chi connectivity index (χ1n) is 5.51. The fourth-order valence-corrected chi connectivity index (χ4v) is 1.76. The molecule has 1 saturated carbocycles. The van der Waals surface area contributed by atoms with Crippen molar-refractivity contribution in [2.45, 2.75) is 19.9 Å². The first kappa shape index (κ1) is 11.6. The molecule has 2 N–H and O–H groups in total. The van der Waals surface area contributed by atoms with Gasteiger partial charge < -0.3 is 10.4 Å². The summed E-state index contributed by atoms with van der Waals surface area (Å²) in [6.07, 6.45) is 0.447. The Morgan fingerprint density at radius 1 is 1.47 bits per heavy atom. The predicted octanol–water partition coefficient (Wildman–Crippen LogP) is 0.727. The van der Waals surface area contributed by atoms with Crippen molar-refractivity contribution in [2.24, 2.45) is 11.8 Å². The van der Waals surface area contributed by atoms with Crippen molar-refractivity contribution < 1.29 is 14.7 Å². The lowest BCUT2D eigenvalue weighted by atomic mass is 10.3. The van der Waals surface area contributed by atoms with E-state index in [0.29, 0.717) is 13.0 Å². The van der Waals surface area contributed by atoms with Crippen LogP contribution < -0.4 is 5.32 Å². The van der Waals surface area contributed by atoms with E-state index in [1.807, 2.05) is 25.1 Å². The van der Waals surface area contributed by atoms with Gasteiger partial charge in [0.05, 0.1) is 24.1 Å². The highest BCUT2D eigenvalue weighted by molar-refractivity contribution is 5.89. The molecule has 1 fully saturated rings. The third kappa shape index (κ3) is 2.81. The van der Waals surface area contributed by atoms with Crippen LogP contribution in [0.1, 0.15) is 17.8 Å². The lowest BCUT2D eigenvalue weighted by Gasteiger charge is -2.04. The molecule has 0 aliphatic heterocycles. The molecule has 1 aromatic heterocycles. The summed E-state index contributed by atoms with van der Waals surface area (Å²) in [6.45, 7) is 2.23. The minimum Gasteiger partial charge on any atom is -0.481 e. The second-order valence-electron chi connectivity index (χ2n) is 4.28. The number of carboxylic acid groups (broad SMARTS) is 1. The summed E-state index contributed by atoms with van der Waals surface area (Å²) in [4.78, 5) is 26.4. The van der Waals surface area contributed by atoms with E-state index < -0.39 is 11.9 Å². The molecule has 0 radical (unpaired) electrons. The van der Waals surface area contributed by atoms with Crippen LogP contribution in [0.5, 0.6) is 0 Å². The Kier molecular flexibility index (Phi) is 3.08. The smallest absolute Gasteiger partial charge is 0.307 e. The van der Waals surface area contributed by atoms with Gasteiger partial charge in [-0.05, 0) is 25.5 Å². The molecule has 1 aliphatic rings. The summed E-state index contributed by atoms with van der Waals surface area (Å²) < 4.78 is 0. The summed E-state index contributed by atoms with van der Waals surface area (Å²) in [5, 5.41) is 11.4. The summed E-state index contributed by atoms with van der Waals surface area (Å²) in [7, 11) is 0. The van der Waals surface area contributed by atoms with Crippen LogP contribution in [0.25, 0.3) is 0 Å². The Hall–Kier alpha value is -1.91. The standard InChI is InChI=1S/C12H14N2O3/c1-7-3-2-4-8(14-7)6-13-11(15)9-5-10(9)12(16)17/h2-4,9-10H,5-6H2,1H3,(H,13,15)(H,16,17)/t9-,10+/m1/s1. The van der Waals surface area contributed by atoms with E-state index in [0.717, 1.165) is 11.4 Å². The number of carboxylic acids is 1. The molecule has 2 atom stereocenters. The Morgan fingerprint density at radius 3 is 2.82 bits per heavy atom. The minimum absolute atomic E-state index is 0.194. The molecule has 90 valence electrons. The van der Waals surface area contributed by atoms with Crippen molar-refractivity contribution in [3.05, 3.63) is 29.6 Å². The topological polar surface area (TPSA) is 79.3 Å². The predicted molar refractivity (Wildman–Crippen MR) is 60.1 cm³/mol. The number of nitrogens with zero attached hydrogens (tertiary/aromatic N) is 1. The number of aliphatic carboxylic acids is 1. The Labute approximate surface area is 98.9 Å². The molecular weight excluding hydrogens is 220 g/mol. The van der Waals surface area contributed by atoms with Crippen LogP contribution in [0.2, 0.25) is 0 Å². The lowest BCUT2D eigenvalue weighted by Crippen LogP contribution is -2.26. The molecule has 1 heterocycles. The number of amides is 1. The van der Waals surface area contributed by atoms with Gasteiger partial charge in [0, 0.05) is 5.69 Å². The van der Waals surface area contributed by atoms with Crippen molar-refractivity contribution >= 4 is 11.9 Å². The second kappa shape index (κ2) is 4.53. The van der Waals surface area contributed by atoms with Crippen molar-refractivity contribution in [3.63, 3.8) is 0 Å². The van der Waals surface area contributed by atoms with Gasteiger partial charge in [0.1, 0.15) is 0 Å². The number of carbonyl (C=O) groups excluding carboxylic acids is 1. The van der Waals surface area contributed by atoms with Crippen LogP contribution in [-0.4, -0.2) is 22.0 Å². The van der Waals surface area contributed by atoms with Gasteiger partial charge >= 0.3 is 5.97 Å². The van der Waals surface area contributed by atoms with Crippen molar-refractivity contribution in [3.8, 4) is 0 Å². The summed E-state index contributed by atoms with van der Waals surface area (Å²) in [5.74, 6) is -1.95. The number of aryl methyl sites for hydroxylation is 1. The maximum Gasteiger partial charge on any atom is 0.307 e. The van der Waals surface area contributed by atoms with Gasteiger partial charge in [-0.3, -0.25) is 14.6 Å². The van der Waals surface area contributed by atoms with E-state index in [-0.39, 0.29) is 11.8 Å². The van der Waals surface area contributed by atoms with Gasteiger partial charge in [0.25, 0.3) is 0 Å². The van der Waals surface area contributed by atoms with Gasteiger partial charge in [-0.1, -0.05) is 6.07 Å². The highest BCUT2D eigenvalue weighted by atomic mass is 16.4. The second-order valence-corrected chi connectivity index (χ2v) is 4.28. The summed E-state index contributed by atoms with van der Waals surface area (Å²) in [6, 6.07) is 5.59. The summed E-state index contributed by atoms with van der Waals surface area (Å²) in [5.41, 5.74) is 1.68. The Bertz CT molecular complexity index is 459. The highest BCUT2D eigenvalue weighted by Crippen LogP contribution is 2.38. The normalized spacial score (nSPS) is 21.9. The fourth-order valence-electron chi connectivity index (χ4n) is 1.76. The first-order valence-corrected chi connectivity index (χ1v) is 5.51. The van der Waals surface area contributed by atoms with Crippen molar-refractivity contribution in [2.75, 3.05) is 0 Å². The average molecular weight is 234 g/mol. The average Bonchev–Trinajstić information content (AvgIpc) is 3.06. The minimum atomic E-state index is -0.890. The van der Waals surface area contributed by atoms with Gasteiger partial charge in [0.15, 0.2) is 0 Å². The number of rotatable bonds is 4. The monoisotopic (exact) mass is 234 g/mol. The Balaban J connectivity index is 1.83. The van der Waals surface area contributed by atoms with Crippen LogP contribution in [0.4, 0.5) is 0 Å². The lowest BCUT2D eigenvalue weighted by molar-refractivity contribution is -0.140. The van der Waals surface area contributed by atoms with Crippen LogP contribution in [0.15, 0.2) is 18.2 Å². The first-order chi connectivity index (χ1) is 8.08. The maximum atomic E-state index is 11.6. The third-order valence-corrected chi connectivity index (χ3v) is 2.83. The number of hydrogen-bond acceptors (Lipinski definition) is 3. The molecule has 0 spiro atoms. The molecule has 0 bridgehead atoms. The molecule has 1 aromatic rings. The molecule has 5 nitrogen and oxygen atoms in total. The summed E-state index contributed by atoms with van der Waals surface area (Å²) >= 11 is 0. The number of pyridine rings is 1. The van der Waals surface area contributed by atoms with E-state index in [4.69, 9.17) is 5.11 Å². The SMILES string of the molecule is Cc1cccc(CNC(=O)[C@@H]2C[C@@H]2C(=O)O)n1. The molecule has 0 unspecified atom stereocenters. The fraction of sp³-hybridized carbons (Fsp3) is 0.417. The zero-order valence-corrected chi connectivity index (χ0v) is 9.51. The molecule has 1 amide bonds. The number of hydrogen-bond donors (Lipinski definition) is 2. The molecule has 2 rings (SSSR count). The van der Waals surface area contributed by atoms with Crippen LogP contribution in [-0.2, 0) is 16.1 Å². The van der Waals surface area contributed by atoms with E-state index in [9.17, 15) is 9.59 Å². The Morgan fingerprint density at radius 2 is 2.24 bits per heavy atom. The van der Waals surface area contributed by atoms with Gasteiger partial charge in [-0.25, -0.2) is 0 Å². The van der Waals surface area contributed by atoms with Crippen LogP contribution in [0.3, 0.4) is 0 Å². The third-order valence-electron chi connectivity index (χ3n) is 2.83. The highest BCUT2D eigenvalue weighted by Gasteiger charge is 2.48. The van der Waals surface area contributed by atoms with Crippen molar-refractivity contribution in [1.82, 2.24) is 10.3 Å². The molecule has 0 aromatic carbocycles. The van der Waals surface area contributed by atoms with Gasteiger partial charge in [-0.15, -0.1) is 0 Å². The maximum absolute atomic E-state index is 11.6. The molecule has 5 heteroatoms. The van der Waals surface area contributed by atoms with Crippen molar-refractivity contribution in [1.29, 1.82) is 0 Å². The van der Waals surface area contributed by atoms with E-state index >= 15 is 0 Å². The van der Waals surface area contributed by atoms with Crippen LogP contribution >= 0.6 is 0 Å². The van der Waals surface area contributed by atoms with Crippen LogP contribution in [0, 0.1) is 18.8 Å². The number of nitrogens with one attached hydrogen (secondary N) is 1. The molecule has 1 aliphatic carbocycles. The number of aromatic nitrogens is 1. The largest absolute Gasteiger partial charge is 0.481 e. The van der Waals surface area contributed by atoms with E-state index in [1.165, 1.54) is 0 Å². The zero-order valence-electron chi connectivity index (χ0n) is 9.51. The van der Waals surface area contributed by atoms with Gasteiger partial charge in [-0.2, -0.15) is 0 Å². The zero-order chi connectivity index (χ0) is 12.4. The molecule has 17 heavy (non-hydrogen) atoms.